The van der Waals surface area contributed by atoms with Crippen LogP contribution < -0.4 is 0 Å². The number of hydrogen-bond acceptors (Lipinski definition) is 6. The predicted molar refractivity (Wildman–Crippen MR) is 279 cm³/mol. The van der Waals surface area contributed by atoms with Crippen LogP contribution in [0.25, 0.3) is 0 Å². The second kappa shape index (κ2) is 54.0. The first-order valence-electron chi connectivity index (χ1n) is 28.1. The summed E-state index contributed by atoms with van der Waals surface area (Å²) in [7, 11) is 0. The number of rotatable bonds is 51. The quantitative estimate of drug-likeness (QED) is 0.0262. The Hall–Kier alpha value is -2.63. The van der Waals surface area contributed by atoms with Crippen LogP contribution in [0.3, 0.4) is 0 Å². The molecule has 0 saturated heterocycles. The molecule has 0 bridgehead atoms. The first-order chi connectivity index (χ1) is 32.0. The number of carbonyl (C=O) groups is 3. The first kappa shape index (κ1) is 62.4. The van der Waals surface area contributed by atoms with Crippen LogP contribution in [-0.2, 0) is 28.6 Å². The van der Waals surface area contributed by atoms with Crippen molar-refractivity contribution >= 4 is 17.9 Å². The van der Waals surface area contributed by atoms with Gasteiger partial charge in [0.05, 0.1) is 0 Å². The lowest BCUT2D eigenvalue weighted by atomic mass is 10.0. The van der Waals surface area contributed by atoms with Gasteiger partial charge in [0.2, 0.25) is 0 Å². The molecule has 0 aromatic carbocycles. The average molecular weight is 911 g/mol. The molecular formula is C59H106O6. The third-order valence-corrected chi connectivity index (χ3v) is 12.3. The van der Waals surface area contributed by atoms with E-state index in [1.54, 1.807) is 0 Å². The van der Waals surface area contributed by atoms with Crippen molar-refractivity contribution in [3.63, 3.8) is 0 Å². The maximum Gasteiger partial charge on any atom is 0.306 e. The van der Waals surface area contributed by atoms with Gasteiger partial charge in [0.1, 0.15) is 13.2 Å². The lowest BCUT2D eigenvalue weighted by Crippen LogP contribution is -2.30. The molecule has 0 heterocycles. The van der Waals surface area contributed by atoms with Crippen LogP contribution in [0.4, 0.5) is 0 Å². The molecular weight excluding hydrogens is 805 g/mol. The van der Waals surface area contributed by atoms with Gasteiger partial charge >= 0.3 is 17.9 Å². The van der Waals surface area contributed by atoms with E-state index in [9.17, 15) is 14.4 Å². The van der Waals surface area contributed by atoms with Gasteiger partial charge in [-0.05, 0) is 57.8 Å². The Balaban J connectivity index is 4.39. The summed E-state index contributed by atoms with van der Waals surface area (Å²) in [5.74, 6) is -0.909. The fraction of sp³-hybridized carbons (Fsp3) is 0.814. The molecule has 6 nitrogen and oxygen atoms in total. The van der Waals surface area contributed by atoms with Crippen molar-refractivity contribution in [2.24, 2.45) is 0 Å². The van der Waals surface area contributed by atoms with Gasteiger partial charge in [-0.3, -0.25) is 14.4 Å². The van der Waals surface area contributed by atoms with E-state index in [4.69, 9.17) is 14.2 Å². The minimum atomic E-state index is -0.786. The Labute approximate surface area is 403 Å². The summed E-state index contributed by atoms with van der Waals surface area (Å²) in [4.78, 5) is 38.1. The van der Waals surface area contributed by atoms with E-state index in [1.807, 2.05) is 0 Å². The van der Waals surface area contributed by atoms with Gasteiger partial charge in [0, 0.05) is 19.3 Å². The standard InChI is InChI=1S/C59H106O6/c1-4-7-10-13-16-19-22-25-28-31-34-37-40-43-46-49-52-58(61)64-55-56(54-63-57(60)51-48-45-42-39-36-33-30-27-24-21-18-15-12-9-6-3)65-59(62)53-50-47-44-41-38-35-32-29-26-23-20-17-14-11-8-5-2/h9,12,18,21,27,30,36,39,56H,4-8,10-11,13-17,19-20,22-26,28-29,31-35,37-38,40-55H2,1-3H3/b12-9-,21-18-,30-27-,39-36-/t56-/m1/s1. The van der Waals surface area contributed by atoms with Crippen molar-refractivity contribution in [2.75, 3.05) is 13.2 Å². The lowest BCUT2D eigenvalue weighted by molar-refractivity contribution is -0.167. The summed E-state index contributed by atoms with van der Waals surface area (Å²) in [6.45, 7) is 6.53. The van der Waals surface area contributed by atoms with Crippen LogP contribution in [0.15, 0.2) is 48.6 Å². The van der Waals surface area contributed by atoms with Crippen molar-refractivity contribution in [3.8, 4) is 0 Å². The summed E-state index contributed by atoms with van der Waals surface area (Å²) in [5, 5.41) is 0. The molecule has 0 radical (unpaired) electrons. The number of unbranched alkanes of at least 4 members (excludes halogenated alkanes) is 32. The zero-order valence-electron chi connectivity index (χ0n) is 43.3. The largest absolute Gasteiger partial charge is 0.462 e. The van der Waals surface area contributed by atoms with E-state index in [-0.39, 0.29) is 31.1 Å². The van der Waals surface area contributed by atoms with Crippen LogP contribution in [0.5, 0.6) is 0 Å². The number of esters is 3. The van der Waals surface area contributed by atoms with E-state index in [1.165, 1.54) is 167 Å². The Morgan fingerprint density at radius 2 is 0.600 bits per heavy atom. The highest BCUT2D eigenvalue weighted by atomic mass is 16.6. The Bertz CT molecular complexity index is 1140. The van der Waals surface area contributed by atoms with Gasteiger partial charge in [-0.2, -0.15) is 0 Å². The van der Waals surface area contributed by atoms with Gasteiger partial charge < -0.3 is 14.2 Å². The number of ether oxygens (including phenoxy) is 3. The molecule has 0 spiro atoms. The van der Waals surface area contributed by atoms with E-state index in [2.05, 4.69) is 69.4 Å². The van der Waals surface area contributed by atoms with Gasteiger partial charge in [-0.25, -0.2) is 0 Å². The topological polar surface area (TPSA) is 78.9 Å². The fourth-order valence-electron chi connectivity index (χ4n) is 8.14. The molecule has 0 saturated carbocycles. The second-order valence-electron chi connectivity index (χ2n) is 18.8. The SMILES string of the molecule is CC/C=C\C/C=C\C/C=C\C/C=C\CCCCC(=O)OC[C@H](COC(=O)CCCCCCCCCCCCCCCCCC)OC(=O)CCCCCCCCCCCCCCCCCC. The molecule has 0 amide bonds. The Morgan fingerprint density at radius 1 is 0.323 bits per heavy atom. The first-order valence-corrected chi connectivity index (χ1v) is 28.1. The highest BCUT2D eigenvalue weighted by Crippen LogP contribution is 2.17. The van der Waals surface area contributed by atoms with Crippen molar-refractivity contribution < 1.29 is 28.6 Å². The minimum absolute atomic E-state index is 0.0818. The molecule has 0 aliphatic rings. The zero-order valence-corrected chi connectivity index (χ0v) is 43.3. The smallest absolute Gasteiger partial charge is 0.306 e. The van der Waals surface area contributed by atoms with Crippen LogP contribution in [0.1, 0.15) is 290 Å². The zero-order chi connectivity index (χ0) is 47.2. The van der Waals surface area contributed by atoms with Crippen LogP contribution in [0, 0.1) is 0 Å². The third-order valence-electron chi connectivity index (χ3n) is 12.3. The third kappa shape index (κ3) is 52.2. The van der Waals surface area contributed by atoms with Crippen LogP contribution >= 0.6 is 0 Å². The highest BCUT2D eigenvalue weighted by molar-refractivity contribution is 5.71. The van der Waals surface area contributed by atoms with Crippen LogP contribution in [-0.4, -0.2) is 37.2 Å². The highest BCUT2D eigenvalue weighted by Gasteiger charge is 2.19. The minimum Gasteiger partial charge on any atom is -0.462 e. The molecule has 0 N–H and O–H groups in total. The second-order valence-corrected chi connectivity index (χ2v) is 18.8. The summed E-state index contributed by atoms with van der Waals surface area (Å²) >= 11 is 0. The molecule has 0 fully saturated rings. The van der Waals surface area contributed by atoms with Gasteiger partial charge in [-0.1, -0.05) is 262 Å². The molecule has 0 aliphatic heterocycles. The van der Waals surface area contributed by atoms with Gasteiger partial charge in [-0.15, -0.1) is 0 Å². The van der Waals surface area contributed by atoms with Crippen molar-refractivity contribution in [3.05, 3.63) is 48.6 Å². The molecule has 1 atom stereocenters. The molecule has 0 aromatic rings. The monoisotopic (exact) mass is 911 g/mol. The van der Waals surface area contributed by atoms with Crippen LogP contribution in [0.2, 0.25) is 0 Å². The van der Waals surface area contributed by atoms with Gasteiger partial charge in [0.25, 0.3) is 0 Å². The number of carbonyl (C=O) groups excluding carboxylic acids is 3. The molecule has 0 aliphatic carbocycles. The molecule has 6 heteroatoms. The molecule has 0 rings (SSSR count). The molecule has 0 unspecified atom stereocenters. The average Bonchev–Trinajstić information content (AvgIpc) is 3.30. The number of hydrogen-bond donors (Lipinski definition) is 0. The maximum atomic E-state index is 12.8. The molecule has 65 heavy (non-hydrogen) atoms. The Kier molecular flexibility index (Phi) is 51.8. The van der Waals surface area contributed by atoms with Gasteiger partial charge in [0.15, 0.2) is 6.10 Å². The fourth-order valence-corrected chi connectivity index (χ4v) is 8.14. The maximum absolute atomic E-state index is 12.8. The van der Waals surface area contributed by atoms with Crippen molar-refractivity contribution in [2.45, 2.75) is 297 Å². The summed E-state index contributed by atoms with van der Waals surface area (Å²) in [5.41, 5.74) is 0. The summed E-state index contributed by atoms with van der Waals surface area (Å²) < 4.78 is 16.8. The molecule has 378 valence electrons. The van der Waals surface area contributed by atoms with E-state index < -0.39 is 6.10 Å². The van der Waals surface area contributed by atoms with E-state index in [0.29, 0.717) is 19.3 Å². The predicted octanol–water partition coefficient (Wildman–Crippen LogP) is 18.7. The van der Waals surface area contributed by atoms with Crippen molar-refractivity contribution in [1.82, 2.24) is 0 Å². The van der Waals surface area contributed by atoms with E-state index in [0.717, 1.165) is 83.5 Å². The molecule has 0 aromatic heterocycles. The lowest BCUT2D eigenvalue weighted by Gasteiger charge is -2.18. The van der Waals surface area contributed by atoms with Crippen molar-refractivity contribution in [1.29, 1.82) is 0 Å². The number of allylic oxidation sites excluding steroid dienone is 8. The van der Waals surface area contributed by atoms with E-state index >= 15 is 0 Å². The summed E-state index contributed by atoms with van der Waals surface area (Å²) in [6.07, 6.45) is 65.3. The summed E-state index contributed by atoms with van der Waals surface area (Å²) in [6, 6.07) is 0. The Morgan fingerprint density at radius 3 is 0.938 bits per heavy atom. The normalized spacial score (nSPS) is 12.4.